The summed E-state index contributed by atoms with van der Waals surface area (Å²) in [5.74, 6) is -0.376. The van der Waals surface area contributed by atoms with Crippen molar-refractivity contribution in [1.29, 1.82) is 0 Å². The first-order valence-electron chi connectivity index (χ1n) is 6.23. The molecule has 2 nitrogen and oxygen atoms in total. The average Bonchev–Trinajstić information content (AvgIpc) is 2.48. The molecule has 0 N–H and O–H groups in total. The van der Waals surface area contributed by atoms with E-state index in [-0.39, 0.29) is 5.97 Å². The Morgan fingerprint density at radius 3 is 2.53 bits per heavy atom. The van der Waals surface area contributed by atoms with Crippen molar-refractivity contribution in [2.24, 2.45) is 0 Å². The summed E-state index contributed by atoms with van der Waals surface area (Å²) in [6.07, 6.45) is 1.89. The van der Waals surface area contributed by atoms with E-state index in [9.17, 15) is 4.79 Å². The molecule has 0 saturated heterocycles. The minimum absolute atomic E-state index is 0.376. The summed E-state index contributed by atoms with van der Waals surface area (Å²) in [6.45, 7) is 3.74. The maximum atomic E-state index is 11.0. The standard InChI is InChI=1S/C17H16O2/c1-2-17(18)19-12-11-14-7-6-10-16(13-14)15-8-4-3-5-9-15/h2-10,13H,1,11-12H2. The summed E-state index contributed by atoms with van der Waals surface area (Å²) in [5, 5.41) is 0. The lowest BCUT2D eigenvalue weighted by Gasteiger charge is -2.06. The highest BCUT2D eigenvalue weighted by molar-refractivity contribution is 5.81. The van der Waals surface area contributed by atoms with E-state index in [2.05, 4.69) is 30.8 Å². The van der Waals surface area contributed by atoms with Crippen LogP contribution in [0.2, 0.25) is 0 Å². The number of rotatable bonds is 5. The van der Waals surface area contributed by atoms with Crippen molar-refractivity contribution >= 4 is 5.97 Å². The molecule has 0 aromatic heterocycles. The zero-order valence-electron chi connectivity index (χ0n) is 10.7. The highest BCUT2D eigenvalue weighted by Crippen LogP contribution is 2.20. The molecule has 19 heavy (non-hydrogen) atoms. The first-order valence-corrected chi connectivity index (χ1v) is 6.23. The molecule has 2 rings (SSSR count). The van der Waals surface area contributed by atoms with Crippen LogP contribution in [0.1, 0.15) is 5.56 Å². The maximum Gasteiger partial charge on any atom is 0.330 e. The first kappa shape index (κ1) is 13.1. The predicted molar refractivity (Wildman–Crippen MR) is 76.7 cm³/mol. The zero-order valence-corrected chi connectivity index (χ0v) is 10.7. The minimum Gasteiger partial charge on any atom is -0.462 e. The number of hydrogen-bond acceptors (Lipinski definition) is 2. The number of benzene rings is 2. The van der Waals surface area contributed by atoms with Crippen LogP contribution in [-0.4, -0.2) is 12.6 Å². The molecule has 0 unspecified atom stereocenters. The molecule has 0 spiro atoms. The van der Waals surface area contributed by atoms with Crippen LogP contribution in [0.3, 0.4) is 0 Å². The van der Waals surface area contributed by atoms with Crippen molar-refractivity contribution in [1.82, 2.24) is 0 Å². The van der Waals surface area contributed by atoms with Gasteiger partial charge >= 0.3 is 5.97 Å². The van der Waals surface area contributed by atoms with Crippen LogP contribution in [0.4, 0.5) is 0 Å². The Kier molecular flexibility index (Phi) is 4.51. The van der Waals surface area contributed by atoms with Gasteiger partial charge in [-0.05, 0) is 16.7 Å². The Bertz CT molecular complexity index is 558. The highest BCUT2D eigenvalue weighted by atomic mass is 16.5. The quantitative estimate of drug-likeness (QED) is 0.600. The lowest BCUT2D eigenvalue weighted by atomic mass is 10.0. The van der Waals surface area contributed by atoms with Crippen molar-refractivity contribution in [3.8, 4) is 11.1 Å². The summed E-state index contributed by atoms with van der Waals surface area (Å²) in [6, 6.07) is 18.5. The van der Waals surface area contributed by atoms with Crippen LogP contribution >= 0.6 is 0 Å². The second-order valence-electron chi connectivity index (χ2n) is 4.19. The molecule has 0 aliphatic heterocycles. The van der Waals surface area contributed by atoms with Crippen LogP contribution in [0.5, 0.6) is 0 Å². The SMILES string of the molecule is C=CC(=O)OCCc1cccc(-c2ccccc2)c1. The van der Waals surface area contributed by atoms with Gasteiger partial charge < -0.3 is 4.74 Å². The van der Waals surface area contributed by atoms with E-state index in [1.165, 1.54) is 17.2 Å². The van der Waals surface area contributed by atoms with Gasteiger partial charge in [-0.1, -0.05) is 61.2 Å². The second-order valence-corrected chi connectivity index (χ2v) is 4.19. The summed E-state index contributed by atoms with van der Waals surface area (Å²) in [5.41, 5.74) is 3.51. The molecule has 96 valence electrons. The van der Waals surface area contributed by atoms with Crippen LogP contribution < -0.4 is 0 Å². The average molecular weight is 252 g/mol. The van der Waals surface area contributed by atoms with Crippen LogP contribution in [0, 0.1) is 0 Å². The molecule has 0 aliphatic rings. The van der Waals surface area contributed by atoms with Gasteiger partial charge in [-0.25, -0.2) is 4.79 Å². The van der Waals surface area contributed by atoms with Gasteiger partial charge in [-0.3, -0.25) is 0 Å². The van der Waals surface area contributed by atoms with Gasteiger partial charge in [0.25, 0.3) is 0 Å². The molecule has 0 heterocycles. The van der Waals surface area contributed by atoms with Gasteiger partial charge in [0.2, 0.25) is 0 Å². The molecule has 0 aliphatic carbocycles. The number of carbonyl (C=O) groups is 1. The van der Waals surface area contributed by atoms with E-state index in [4.69, 9.17) is 4.74 Å². The van der Waals surface area contributed by atoms with Crippen LogP contribution in [0.25, 0.3) is 11.1 Å². The maximum absolute atomic E-state index is 11.0. The fraction of sp³-hybridized carbons (Fsp3) is 0.118. The van der Waals surface area contributed by atoms with Gasteiger partial charge in [0.15, 0.2) is 0 Å². The lowest BCUT2D eigenvalue weighted by Crippen LogP contribution is -2.04. The largest absolute Gasteiger partial charge is 0.462 e. The van der Waals surface area contributed by atoms with Gasteiger partial charge in [0, 0.05) is 12.5 Å². The Labute approximate surface area is 113 Å². The monoisotopic (exact) mass is 252 g/mol. The van der Waals surface area contributed by atoms with Crippen molar-refractivity contribution in [2.75, 3.05) is 6.61 Å². The number of carbonyl (C=O) groups excluding carboxylic acids is 1. The molecule has 2 heteroatoms. The van der Waals surface area contributed by atoms with E-state index in [0.29, 0.717) is 13.0 Å². The predicted octanol–water partition coefficient (Wildman–Crippen LogP) is 3.63. The molecule has 2 aromatic rings. The summed E-state index contributed by atoms with van der Waals surface area (Å²) in [4.78, 5) is 11.0. The Hall–Kier alpha value is -2.35. The van der Waals surface area contributed by atoms with Gasteiger partial charge in [-0.15, -0.1) is 0 Å². The van der Waals surface area contributed by atoms with Gasteiger partial charge in [-0.2, -0.15) is 0 Å². The molecule has 0 fully saturated rings. The third-order valence-electron chi connectivity index (χ3n) is 2.84. The molecule has 0 atom stereocenters. The smallest absolute Gasteiger partial charge is 0.330 e. The Balaban J connectivity index is 2.03. The normalized spacial score (nSPS) is 9.89. The molecule has 0 radical (unpaired) electrons. The van der Waals surface area contributed by atoms with Crippen molar-refractivity contribution in [3.63, 3.8) is 0 Å². The minimum atomic E-state index is -0.376. The van der Waals surface area contributed by atoms with Crippen molar-refractivity contribution in [2.45, 2.75) is 6.42 Å². The molecular formula is C17H16O2. The first-order chi connectivity index (χ1) is 9.29. The fourth-order valence-corrected chi connectivity index (χ4v) is 1.87. The van der Waals surface area contributed by atoms with Crippen LogP contribution in [0.15, 0.2) is 67.3 Å². The number of esters is 1. The molecule has 0 saturated carbocycles. The Morgan fingerprint density at radius 1 is 1.05 bits per heavy atom. The van der Waals surface area contributed by atoms with Gasteiger partial charge in [0.05, 0.1) is 6.61 Å². The lowest BCUT2D eigenvalue weighted by molar-refractivity contribution is -0.137. The molecule has 2 aromatic carbocycles. The van der Waals surface area contributed by atoms with E-state index in [0.717, 1.165) is 5.56 Å². The molecular weight excluding hydrogens is 236 g/mol. The zero-order chi connectivity index (χ0) is 13.5. The van der Waals surface area contributed by atoms with Crippen LogP contribution in [-0.2, 0) is 16.0 Å². The van der Waals surface area contributed by atoms with E-state index < -0.39 is 0 Å². The van der Waals surface area contributed by atoms with E-state index >= 15 is 0 Å². The Morgan fingerprint density at radius 2 is 1.79 bits per heavy atom. The fourth-order valence-electron chi connectivity index (χ4n) is 1.87. The summed E-state index contributed by atoms with van der Waals surface area (Å²) in [7, 11) is 0. The highest BCUT2D eigenvalue weighted by Gasteiger charge is 2.00. The summed E-state index contributed by atoms with van der Waals surface area (Å²) < 4.78 is 4.98. The summed E-state index contributed by atoms with van der Waals surface area (Å²) >= 11 is 0. The number of ether oxygens (including phenoxy) is 1. The molecule has 0 amide bonds. The third kappa shape index (κ3) is 3.81. The van der Waals surface area contributed by atoms with Crippen molar-refractivity contribution < 1.29 is 9.53 Å². The molecule has 0 bridgehead atoms. The van der Waals surface area contributed by atoms with Gasteiger partial charge in [0.1, 0.15) is 0 Å². The van der Waals surface area contributed by atoms with Crippen molar-refractivity contribution in [3.05, 3.63) is 72.8 Å². The van der Waals surface area contributed by atoms with E-state index in [1.54, 1.807) is 0 Å². The second kappa shape index (κ2) is 6.55. The number of hydrogen-bond donors (Lipinski definition) is 0. The van der Waals surface area contributed by atoms with E-state index in [1.807, 2.05) is 30.3 Å². The third-order valence-corrected chi connectivity index (χ3v) is 2.84. The topological polar surface area (TPSA) is 26.3 Å².